The van der Waals surface area contributed by atoms with Gasteiger partial charge in [-0.2, -0.15) is 0 Å². The summed E-state index contributed by atoms with van der Waals surface area (Å²) in [6.07, 6.45) is 4.13. The van der Waals surface area contributed by atoms with Gasteiger partial charge in [0.05, 0.1) is 5.52 Å². The third-order valence-electron chi connectivity index (χ3n) is 2.96. The largest absolute Gasteiger partial charge is 0.236 e. The van der Waals surface area contributed by atoms with Crippen LogP contribution in [0.4, 0.5) is 0 Å². The molecule has 1 aromatic heterocycles. The summed E-state index contributed by atoms with van der Waals surface area (Å²) in [6, 6.07) is 8.19. The van der Waals surface area contributed by atoms with Crippen molar-refractivity contribution in [3.8, 4) is 0 Å². The molecule has 96 valence electrons. The normalized spacial score (nSPS) is 12.8. The zero-order valence-electron chi connectivity index (χ0n) is 10.5. The van der Waals surface area contributed by atoms with Gasteiger partial charge in [0.1, 0.15) is 11.4 Å². The average Bonchev–Trinajstić information content (AvgIpc) is 2.39. The molecule has 0 saturated heterocycles. The number of aromatic nitrogens is 2. The molecular formula is C14H17BrN2S. The Hall–Kier alpha value is -0.610. The van der Waals surface area contributed by atoms with Crippen molar-refractivity contribution in [2.75, 3.05) is 11.1 Å². The molecule has 0 aliphatic heterocycles. The Kier molecular flexibility index (Phi) is 5.45. The Bertz CT molecular complexity index is 499. The molecule has 0 fully saturated rings. The van der Waals surface area contributed by atoms with Gasteiger partial charge in [-0.25, -0.2) is 9.97 Å². The van der Waals surface area contributed by atoms with Crippen LogP contribution in [0.2, 0.25) is 0 Å². The van der Waals surface area contributed by atoms with Crippen LogP contribution < -0.4 is 0 Å². The molecule has 18 heavy (non-hydrogen) atoms. The van der Waals surface area contributed by atoms with E-state index in [1.807, 2.05) is 30.0 Å². The number of fused-ring (bicyclic) bond motifs is 1. The summed E-state index contributed by atoms with van der Waals surface area (Å²) in [5, 5.41) is 3.36. The molecule has 4 heteroatoms. The van der Waals surface area contributed by atoms with E-state index in [2.05, 4.69) is 38.9 Å². The van der Waals surface area contributed by atoms with E-state index in [1.54, 1.807) is 6.33 Å². The number of para-hydroxylation sites is 1. The SMILES string of the molecule is CC(CCBr)CCSc1ncnc2ccccc12. The zero-order chi connectivity index (χ0) is 12.8. The van der Waals surface area contributed by atoms with Crippen LogP contribution in [0.1, 0.15) is 19.8 Å². The van der Waals surface area contributed by atoms with Crippen molar-refractivity contribution in [3.63, 3.8) is 0 Å². The number of benzene rings is 1. The van der Waals surface area contributed by atoms with Crippen LogP contribution in [-0.4, -0.2) is 21.1 Å². The maximum absolute atomic E-state index is 4.39. The molecule has 2 rings (SSSR count). The second kappa shape index (κ2) is 7.10. The first-order chi connectivity index (χ1) is 8.81. The van der Waals surface area contributed by atoms with Gasteiger partial charge in [0.25, 0.3) is 0 Å². The summed E-state index contributed by atoms with van der Waals surface area (Å²) in [5.41, 5.74) is 1.03. The molecule has 0 N–H and O–H groups in total. The second-order valence-electron chi connectivity index (χ2n) is 4.42. The Morgan fingerprint density at radius 2 is 2.06 bits per heavy atom. The van der Waals surface area contributed by atoms with E-state index in [1.165, 1.54) is 12.8 Å². The van der Waals surface area contributed by atoms with Crippen molar-refractivity contribution in [2.45, 2.75) is 24.8 Å². The van der Waals surface area contributed by atoms with Gasteiger partial charge in [0.2, 0.25) is 0 Å². The molecule has 0 spiro atoms. The van der Waals surface area contributed by atoms with Crippen LogP contribution in [-0.2, 0) is 0 Å². The van der Waals surface area contributed by atoms with Crippen molar-refractivity contribution in [1.29, 1.82) is 0 Å². The van der Waals surface area contributed by atoms with Crippen molar-refractivity contribution in [3.05, 3.63) is 30.6 Å². The predicted molar refractivity (Wildman–Crippen MR) is 82.5 cm³/mol. The lowest BCUT2D eigenvalue weighted by Crippen LogP contribution is -1.97. The minimum absolute atomic E-state index is 0.768. The summed E-state index contributed by atoms with van der Waals surface area (Å²) in [5.74, 6) is 1.89. The molecule has 0 aliphatic rings. The van der Waals surface area contributed by atoms with E-state index in [0.29, 0.717) is 0 Å². The number of nitrogens with zero attached hydrogens (tertiary/aromatic N) is 2. The van der Waals surface area contributed by atoms with Crippen molar-refractivity contribution < 1.29 is 0 Å². The van der Waals surface area contributed by atoms with E-state index in [4.69, 9.17) is 0 Å². The molecule has 0 saturated carbocycles. The van der Waals surface area contributed by atoms with Gasteiger partial charge in [-0.1, -0.05) is 41.1 Å². The summed E-state index contributed by atoms with van der Waals surface area (Å²) in [4.78, 5) is 8.68. The quantitative estimate of drug-likeness (QED) is 0.443. The number of hydrogen-bond donors (Lipinski definition) is 0. The molecule has 2 aromatic rings. The van der Waals surface area contributed by atoms with Crippen LogP contribution in [0.25, 0.3) is 10.9 Å². The van der Waals surface area contributed by atoms with Gasteiger partial charge in [-0.15, -0.1) is 11.8 Å². The predicted octanol–water partition coefficient (Wildman–Crippen LogP) is 4.53. The standard InChI is InChI=1S/C14H17BrN2S/c1-11(6-8-15)7-9-18-14-12-4-2-3-5-13(12)16-10-17-14/h2-5,10-11H,6-9H2,1H3. The van der Waals surface area contributed by atoms with Gasteiger partial charge >= 0.3 is 0 Å². The molecule has 0 aliphatic carbocycles. The lowest BCUT2D eigenvalue weighted by Gasteiger charge is -2.09. The van der Waals surface area contributed by atoms with Crippen molar-refractivity contribution in [2.24, 2.45) is 5.92 Å². The molecule has 0 bridgehead atoms. The van der Waals surface area contributed by atoms with Crippen LogP contribution >= 0.6 is 27.7 Å². The van der Waals surface area contributed by atoms with E-state index in [0.717, 1.165) is 32.9 Å². The van der Waals surface area contributed by atoms with E-state index < -0.39 is 0 Å². The Labute approximate surface area is 121 Å². The summed E-state index contributed by atoms with van der Waals surface area (Å²) < 4.78 is 0. The Balaban J connectivity index is 1.99. The molecule has 2 nitrogen and oxygen atoms in total. The van der Waals surface area contributed by atoms with Gasteiger partial charge in [0, 0.05) is 10.7 Å². The summed E-state index contributed by atoms with van der Waals surface area (Å²) in [7, 11) is 0. The molecule has 1 unspecified atom stereocenters. The lowest BCUT2D eigenvalue weighted by molar-refractivity contribution is 0.555. The first-order valence-corrected chi connectivity index (χ1v) is 8.30. The number of halogens is 1. The second-order valence-corrected chi connectivity index (χ2v) is 6.29. The molecule has 0 amide bonds. The fraction of sp³-hybridized carbons (Fsp3) is 0.429. The average molecular weight is 325 g/mol. The van der Waals surface area contributed by atoms with E-state index >= 15 is 0 Å². The molecule has 1 heterocycles. The number of hydrogen-bond acceptors (Lipinski definition) is 3. The van der Waals surface area contributed by atoms with Gasteiger partial charge in [-0.3, -0.25) is 0 Å². The minimum atomic E-state index is 0.768. The maximum atomic E-state index is 4.39. The van der Waals surface area contributed by atoms with Crippen molar-refractivity contribution in [1.82, 2.24) is 9.97 Å². The smallest absolute Gasteiger partial charge is 0.117 e. The maximum Gasteiger partial charge on any atom is 0.117 e. The zero-order valence-corrected chi connectivity index (χ0v) is 12.9. The van der Waals surface area contributed by atoms with Gasteiger partial charge < -0.3 is 0 Å². The van der Waals surface area contributed by atoms with Crippen LogP contribution in [0.5, 0.6) is 0 Å². The molecule has 1 aromatic carbocycles. The lowest BCUT2D eigenvalue weighted by atomic mass is 10.1. The van der Waals surface area contributed by atoms with Gasteiger partial charge in [-0.05, 0) is 30.6 Å². The summed E-state index contributed by atoms with van der Waals surface area (Å²) in [6.45, 7) is 2.31. The number of thioether (sulfide) groups is 1. The highest BCUT2D eigenvalue weighted by atomic mass is 79.9. The van der Waals surface area contributed by atoms with E-state index in [9.17, 15) is 0 Å². The van der Waals surface area contributed by atoms with Crippen LogP contribution in [0.15, 0.2) is 35.6 Å². The van der Waals surface area contributed by atoms with Crippen molar-refractivity contribution >= 4 is 38.6 Å². The van der Waals surface area contributed by atoms with E-state index in [-0.39, 0.29) is 0 Å². The Morgan fingerprint density at radius 3 is 2.89 bits per heavy atom. The topological polar surface area (TPSA) is 25.8 Å². The molecule has 0 radical (unpaired) electrons. The number of alkyl halides is 1. The highest BCUT2D eigenvalue weighted by molar-refractivity contribution is 9.09. The Morgan fingerprint density at radius 1 is 1.22 bits per heavy atom. The first kappa shape index (κ1) is 13.8. The fourth-order valence-electron chi connectivity index (χ4n) is 1.78. The summed E-state index contributed by atoms with van der Waals surface area (Å²) >= 11 is 5.33. The molecule has 1 atom stereocenters. The minimum Gasteiger partial charge on any atom is -0.236 e. The third-order valence-corrected chi connectivity index (χ3v) is 4.45. The highest BCUT2D eigenvalue weighted by Gasteiger charge is 2.05. The fourth-order valence-corrected chi connectivity index (χ4v) is 3.73. The number of rotatable bonds is 6. The monoisotopic (exact) mass is 324 g/mol. The van der Waals surface area contributed by atoms with Crippen LogP contribution in [0, 0.1) is 5.92 Å². The molecular weight excluding hydrogens is 308 g/mol. The van der Waals surface area contributed by atoms with Crippen LogP contribution in [0.3, 0.4) is 0 Å². The third kappa shape index (κ3) is 3.69. The van der Waals surface area contributed by atoms with Gasteiger partial charge in [0.15, 0.2) is 0 Å². The highest BCUT2D eigenvalue weighted by Crippen LogP contribution is 2.26. The first-order valence-electron chi connectivity index (χ1n) is 6.19.